The highest BCUT2D eigenvalue weighted by atomic mass is 16.6. The number of aromatic nitrogens is 2. The van der Waals surface area contributed by atoms with E-state index in [0.717, 1.165) is 5.69 Å². The van der Waals surface area contributed by atoms with Crippen LogP contribution < -0.4 is 11.1 Å². The van der Waals surface area contributed by atoms with E-state index in [1.807, 2.05) is 20.8 Å². The summed E-state index contributed by atoms with van der Waals surface area (Å²) in [5.74, 6) is 0. The molecule has 1 aliphatic heterocycles. The van der Waals surface area contributed by atoms with Gasteiger partial charge in [0.05, 0.1) is 24.2 Å². The zero-order valence-electron chi connectivity index (χ0n) is 12.4. The van der Waals surface area contributed by atoms with Crippen LogP contribution in [0.5, 0.6) is 0 Å². The van der Waals surface area contributed by atoms with Gasteiger partial charge in [-0.15, -0.1) is 0 Å². The molecule has 1 amide bonds. The Kier molecular flexibility index (Phi) is 3.64. The highest BCUT2D eigenvalue weighted by Gasteiger charge is 2.43. The van der Waals surface area contributed by atoms with Gasteiger partial charge in [-0.25, -0.2) is 4.79 Å². The van der Waals surface area contributed by atoms with Crippen molar-refractivity contribution in [2.24, 2.45) is 7.05 Å². The number of rotatable bonds is 2. The number of nitrogen functional groups attached to an aromatic ring is 1. The molecule has 2 rings (SSSR count). The summed E-state index contributed by atoms with van der Waals surface area (Å²) in [5, 5.41) is 7.04. The molecule has 0 radical (unpaired) electrons. The van der Waals surface area contributed by atoms with Crippen LogP contribution >= 0.6 is 0 Å². The molecule has 20 heavy (non-hydrogen) atoms. The Hall–Kier alpha value is -1.76. The smallest absolute Gasteiger partial charge is 0.408 e. The third kappa shape index (κ3) is 2.87. The number of aryl methyl sites for hydroxylation is 1. The van der Waals surface area contributed by atoms with Crippen LogP contribution in [0.3, 0.4) is 0 Å². The summed E-state index contributed by atoms with van der Waals surface area (Å²) in [5.41, 5.74) is 6.03. The van der Waals surface area contributed by atoms with Gasteiger partial charge in [0.1, 0.15) is 11.1 Å². The first-order valence-corrected chi connectivity index (χ1v) is 6.60. The van der Waals surface area contributed by atoms with Crippen molar-refractivity contribution in [1.29, 1.82) is 0 Å². The quantitative estimate of drug-likeness (QED) is 0.848. The zero-order chi connectivity index (χ0) is 15.0. The minimum absolute atomic E-state index is 0.357. The Morgan fingerprint density at radius 3 is 2.75 bits per heavy atom. The largest absolute Gasteiger partial charge is 0.444 e. The van der Waals surface area contributed by atoms with Gasteiger partial charge in [-0.1, -0.05) is 0 Å². The molecule has 1 aromatic heterocycles. The number of nitrogens with one attached hydrogen (secondary N) is 1. The number of carbonyl (C=O) groups excluding carboxylic acids is 1. The lowest BCUT2D eigenvalue weighted by Crippen LogP contribution is -2.49. The van der Waals surface area contributed by atoms with E-state index in [4.69, 9.17) is 15.2 Å². The second-order valence-electron chi connectivity index (χ2n) is 6.08. The van der Waals surface area contributed by atoms with Gasteiger partial charge in [0.15, 0.2) is 0 Å². The average Bonchev–Trinajstić information content (AvgIpc) is 2.84. The molecule has 0 aliphatic carbocycles. The first-order chi connectivity index (χ1) is 9.23. The number of alkyl carbamates (subject to hydrolysis) is 1. The SMILES string of the molecule is Cn1ncc(N)c1C1(NC(=O)OC(C)(C)C)CCOC1. The van der Waals surface area contributed by atoms with E-state index in [0.29, 0.717) is 25.3 Å². The minimum atomic E-state index is -0.683. The number of nitrogens with two attached hydrogens (primary N) is 1. The Morgan fingerprint density at radius 1 is 1.60 bits per heavy atom. The number of ether oxygens (including phenoxy) is 2. The molecule has 1 unspecified atom stereocenters. The number of hydrogen-bond donors (Lipinski definition) is 2. The van der Waals surface area contributed by atoms with Crippen molar-refractivity contribution in [2.45, 2.75) is 38.3 Å². The van der Waals surface area contributed by atoms with Crippen LogP contribution in [0.4, 0.5) is 10.5 Å². The Morgan fingerprint density at radius 2 is 2.30 bits per heavy atom. The van der Waals surface area contributed by atoms with Crippen molar-refractivity contribution in [3.05, 3.63) is 11.9 Å². The van der Waals surface area contributed by atoms with E-state index in [9.17, 15) is 4.79 Å². The fourth-order valence-corrected chi connectivity index (χ4v) is 2.45. The topological polar surface area (TPSA) is 91.4 Å². The molecule has 1 fully saturated rings. The van der Waals surface area contributed by atoms with E-state index in [-0.39, 0.29) is 0 Å². The summed E-state index contributed by atoms with van der Waals surface area (Å²) in [7, 11) is 1.79. The van der Waals surface area contributed by atoms with Crippen LogP contribution in [-0.2, 0) is 22.1 Å². The second-order valence-corrected chi connectivity index (χ2v) is 6.08. The van der Waals surface area contributed by atoms with Crippen molar-refractivity contribution in [1.82, 2.24) is 15.1 Å². The second kappa shape index (κ2) is 4.97. The molecular formula is C13H22N4O3. The predicted octanol–water partition coefficient (Wildman–Crippen LogP) is 1.14. The first-order valence-electron chi connectivity index (χ1n) is 6.60. The van der Waals surface area contributed by atoms with Gasteiger partial charge in [0.2, 0.25) is 0 Å². The summed E-state index contributed by atoms with van der Waals surface area (Å²) in [4.78, 5) is 12.1. The summed E-state index contributed by atoms with van der Waals surface area (Å²) in [6.07, 6.45) is 1.73. The molecule has 1 atom stereocenters. The maximum absolute atomic E-state index is 12.1. The lowest BCUT2D eigenvalue weighted by Gasteiger charge is -2.31. The molecule has 0 aromatic carbocycles. The summed E-state index contributed by atoms with van der Waals surface area (Å²) < 4.78 is 12.5. The number of amides is 1. The number of carbonyl (C=O) groups is 1. The number of nitrogens with zero attached hydrogens (tertiary/aromatic N) is 2. The van der Waals surface area contributed by atoms with Crippen LogP contribution in [-0.4, -0.2) is 34.7 Å². The molecule has 3 N–H and O–H groups in total. The standard InChI is InChI=1S/C13H22N4O3/c1-12(2,3)20-11(18)16-13(5-6-19-8-13)10-9(14)7-15-17(10)4/h7H,5-6,8,14H2,1-4H3,(H,16,18). The highest BCUT2D eigenvalue weighted by molar-refractivity contribution is 5.70. The van der Waals surface area contributed by atoms with Crippen LogP contribution in [0, 0.1) is 0 Å². The Labute approximate surface area is 118 Å². The summed E-state index contributed by atoms with van der Waals surface area (Å²) in [6.45, 7) is 6.38. The molecule has 1 aromatic rings. The monoisotopic (exact) mass is 282 g/mol. The van der Waals surface area contributed by atoms with Crippen LogP contribution in [0.25, 0.3) is 0 Å². The molecule has 1 aliphatic rings. The van der Waals surface area contributed by atoms with E-state index >= 15 is 0 Å². The fourth-order valence-electron chi connectivity index (χ4n) is 2.45. The summed E-state index contributed by atoms with van der Waals surface area (Å²) >= 11 is 0. The normalized spacial score (nSPS) is 22.8. The van der Waals surface area contributed by atoms with Gasteiger partial charge in [0, 0.05) is 20.1 Å². The molecule has 0 saturated carbocycles. The minimum Gasteiger partial charge on any atom is -0.444 e. The molecule has 112 valence electrons. The van der Waals surface area contributed by atoms with Crippen molar-refractivity contribution in [3.8, 4) is 0 Å². The van der Waals surface area contributed by atoms with Gasteiger partial charge < -0.3 is 20.5 Å². The van der Waals surface area contributed by atoms with Crippen LogP contribution in [0.2, 0.25) is 0 Å². The third-order valence-electron chi connectivity index (χ3n) is 3.18. The summed E-state index contributed by atoms with van der Waals surface area (Å²) in [6, 6.07) is 0. The van der Waals surface area contributed by atoms with E-state index < -0.39 is 17.2 Å². The fraction of sp³-hybridized carbons (Fsp3) is 0.692. The van der Waals surface area contributed by atoms with Crippen LogP contribution in [0.1, 0.15) is 32.9 Å². The van der Waals surface area contributed by atoms with E-state index in [1.54, 1.807) is 17.9 Å². The third-order valence-corrected chi connectivity index (χ3v) is 3.18. The molecule has 7 nitrogen and oxygen atoms in total. The predicted molar refractivity (Wildman–Crippen MR) is 74.1 cm³/mol. The van der Waals surface area contributed by atoms with Gasteiger partial charge in [0.25, 0.3) is 0 Å². The molecule has 2 heterocycles. The van der Waals surface area contributed by atoms with E-state index in [2.05, 4.69) is 10.4 Å². The average molecular weight is 282 g/mol. The molecule has 1 saturated heterocycles. The lowest BCUT2D eigenvalue weighted by atomic mass is 9.93. The van der Waals surface area contributed by atoms with Crippen molar-refractivity contribution < 1.29 is 14.3 Å². The molecular weight excluding hydrogens is 260 g/mol. The van der Waals surface area contributed by atoms with Gasteiger partial charge in [-0.2, -0.15) is 5.10 Å². The van der Waals surface area contributed by atoms with Gasteiger partial charge >= 0.3 is 6.09 Å². The highest BCUT2D eigenvalue weighted by Crippen LogP contribution is 2.34. The van der Waals surface area contributed by atoms with Crippen molar-refractivity contribution in [3.63, 3.8) is 0 Å². The van der Waals surface area contributed by atoms with Crippen LogP contribution in [0.15, 0.2) is 6.20 Å². The number of hydrogen-bond acceptors (Lipinski definition) is 5. The molecule has 0 bridgehead atoms. The van der Waals surface area contributed by atoms with E-state index in [1.165, 1.54) is 0 Å². The van der Waals surface area contributed by atoms with Gasteiger partial charge in [-0.05, 0) is 20.8 Å². The Bertz CT molecular complexity index is 479. The van der Waals surface area contributed by atoms with Crippen molar-refractivity contribution in [2.75, 3.05) is 18.9 Å². The lowest BCUT2D eigenvalue weighted by molar-refractivity contribution is 0.0432. The molecule has 0 spiro atoms. The maximum atomic E-state index is 12.1. The zero-order valence-corrected chi connectivity index (χ0v) is 12.4. The Balaban J connectivity index is 2.25. The molecule has 7 heteroatoms. The van der Waals surface area contributed by atoms with Crippen molar-refractivity contribution >= 4 is 11.8 Å². The maximum Gasteiger partial charge on any atom is 0.408 e. The van der Waals surface area contributed by atoms with Gasteiger partial charge in [-0.3, -0.25) is 4.68 Å². The first kappa shape index (κ1) is 14.6. The number of anilines is 1.